The van der Waals surface area contributed by atoms with E-state index < -0.39 is 0 Å². The van der Waals surface area contributed by atoms with Crippen molar-refractivity contribution in [2.75, 3.05) is 26.8 Å². The topological polar surface area (TPSA) is 59.6 Å². The van der Waals surface area contributed by atoms with Crippen molar-refractivity contribution in [3.05, 3.63) is 0 Å². The molecule has 0 aromatic rings. The lowest BCUT2D eigenvalue weighted by Gasteiger charge is -2.19. The van der Waals surface area contributed by atoms with Crippen LogP contribution in [0.4, 0.5) is 0 Å². The second-order valence-corrected chi connectivity index (χ2v) is 4.14. The third-order valence-corrected chi connectivity index (χ3v) is 2.88. The first kappa shape index (κ1) is 13.4. The number of amides is 1. The maximum Gasteiger partial charge on any atom is 0.246 e. The first-order valence-corrected chi connectivity index (χ1v) is 5.81. The van der Waals surface area contributed by atoms with Crippen LogP contribution in [-0.2, 0) is 14.3 Å². The van der Waals surface area contributed by atoms with E-state index in [0.29, 0.717) is 0 Å². The summed E-state index contributed by atoms with van der Waals surface area (Å²) in [6.07, 6.45) is 1.11. The van der Waals surface area contributed by atoms with E-state index in [2.05, 4.69) is 10.6 Å². The summed E-state index contributed by atoms with van der Waals surface area (Å²) in [5.74, 6) is -0.0731. The van der Waals surface area contributed by atoms with Crippen LogP contribution in [0.5, 0.6) is 0 Å². The van der Waals surface area contributed by atoms with Gasteiger partial charge in [-0.1, -0.05) is 6.92 Å². The predicted octanol–water partition coefficient (Wildman–Crippen LogP) is -0.0955. The summed E-state index contributed by atoms with van der Waals surface area (Å²) in [7, 11) is 1.66. The molecule has 1 aliphatic rings. The van der Waals surface area contributed by atoms with Crippen molar-refractivity contribution >= 4 is 5.91 Å². The first-order valence-electron chi connectivity index (χ1n) is 5.81. The van der Waals surface area contributed by atoms with Gasteiger partial charge in [0.25, 0.3) is 0 Å². The molecule has 1 saturated heterocycles. The lowest BCUT2D eigenvalue weighted by Crippen LogP contribution is -2.45. The second-order valence-electron chi connectivity index (χ2n) is 4.14. The van der Waals surface area contributed by atoms with E-state index >= 15 is 0 Å². The minimum absolute atomic E-state index is 0.0537. The Morgan fingerprint density at radius 3 is 2.94 bits per heavy atom. The molecule has 0 spiro atoms. The maximum absolute atomic E-state index is 11.6. The van der Waals surface area contributed by atoms with E-state index in [1.165, 1.54) is 0 Å². The van der Waals surface area contributed by atoms with E-state index in [9.17, 15) is 4.79 Å². The van der Waals surface area contributed by atoms with E-state index in [4.69, 9.17) is 9.47 Å². The fourth-order valence-electron chi connectivity index (χ4n) is 1.63. The van der Waals surface area contributed by atoms with Gasteiger partial charge in [-0.3, -0.25) is 4.79 Å². The van der Waals surface area contributed by atoms with Gasteiger partial charge >= 0.3 is 0 Å². The molecule has 1 amide bonds. The zero-order chi connectivity index (χ0) is 12.0. The van der Waals surface area contributed by atoms with Crippen molar-refractivity contribution in [3.8, 4) is 0 Å². The third-order valence-electron chi connectivity index (χ3n) is 2.88. The highest BCUT2D eigenvalue weighted by Crippen LogP contribution is 2.03. The van der Waals surface area contributed by atoms with Gasteiger partial charge in [-0.05, 0) is 13.3 Å². The molecule has 0 radical (unpaired) electrons. The number of carbonyl (C=O) groups excluding carboxylic acids is 1. The average molecular weight is 230 g/mol. The number of carbonyl (C=O) groups is 1. The van der Waals surface area contributed by atoms with Crippen LogP contribution < -0.4 is 10.6 Å². The van der Waals surface area contributed by atoms with Crippen molar-refractivity contribution in [3.63, 3.8) is 0 Å². The molecule has 3 atom stereocenters. The van der Waals surface area contributed by atoms with Crippen LogP contribution in [0.15, 0.2) is 0 Å². The Morgan fingerprint density at radius 2 is 2.31 bits per heavy atom. The molecule has 1 fully saturated rings. The van der Waals surface area contributed by atoms with Gasteiger partial charge < -0.3 is 20.1 Å². The number of hydrogen-bond donors (Lipinski definition) is 2. The van der Waals surface area contributed by atoms with Crippen LogP contribution in [0, 0.1) is 0 Å². The number of hydrogen-bond acceptors (Lipinski definition) is 4. The highest BCUT2D eigenvalue weighted by atomic mass is 16.5. The van der Waals surface area contributed by atoms with E-state index in [0.717, 1.165) is 19.5 Å². The van der Waals surface area contributed by atoms with Crippen molar-refractivity contribution < 1.29 is 14.3 Å². The van der Waals surface area contributed by atoms with Crippen LogP contribution in [0.1, 0.15) is 20.3 Å². The molecule has 0 unspecified atom stereocenters. The molecule has 94 valence electrons. The Morgan fingerprint density at radius 1 is 1.56 bits per heavy atom. The molecule has 0 aliphatic carbocycles. The van der Waals surface area contributed by atoms with Gasteiger partial charge in [-0.2, -0.15) is 0 Å². The molecular formula is C11H22N2O3. The Labute approximate surface area is 96.9 Å². The molecule has 0 bridgehead atoms. The summed E-state index contributed by atoms with van der Waals surface area (Å²) >= 11 is 0. The first-order chi connectivity index (χ1) is 7.67. The normalized spacial score (nSPS) is 26.7. The number of ether oxygens (including phenoxy) is 2. The van der Waals surface area contributed by atoms with Gasteiger partial charge in [0.2, 0.25) is 5.91 Å². The third kappa shape index (κ3) is 4.08. The Hall–Kier alpha value is -0.650. The molecule has 5 nitrogen and oxygen atoms in total. The lowest BCUT2D eigenvalue weighted by molar-refractivity contribution is -0.128. The van der Waals surface area contributed by atoms with Gasteiger partial charge in [0.05, 0.1) is 18.2 Å². The molecule has 0 saturated carbocycles. The number of rotatable bonds is 6. The molecule has 16 heavy (non-hydrogen) atoms. The van der Waals surface area contributed by atoms with E-state index in [1.807, 2.05) is 13.8 Å². The summed E-state index contributed by atoms with van der Waals surface area (Å²) in [4.78, 5) is 11.6. The molecule has 5 heteroatoms. The van der Waals surface area contributed by atoms with Crippen molar-refractivity contribution in [2.24, 2.45) is 0 Å². The summed E-state index contributed by atoms with van der Waals surface area (Å²) in [5.41, 5.74) is 0. The van der Waals surface area contributed by atoms with Crippen LogP contribution in [0.2, 0.25) is 0 Å². The van der Waals surface area contributed by atoms with Crippen LogP contribution in [-0.4, -0.2) is 51.0 Å². The predicted molar refractivity (Wildman–Crippen MR) is 61.3 cm³/mol. The number of nitrogens with one attached hydrogen (secondary N) is 2. The molecular weight excluding hydrogens is 208 g/mol. The fraction of sp³-hybridized carbons (Fsp3) is 0.909. The van der Waals surface area contributed by atoms with Crippen molar-refractivity contribution in [1.82, 2.24) is 10.6 Å². The molecule has 2 N–H and O–H groups in total. The second kappa shape index (κ2) is 6.83. The summed E-state index contributed by atoms with van der Waals surface area (Å²) in [5, 5.41) is 6.08. The molecule has 1 rings (SSSR count). The smallest absolute Gasteiger partial charge is 0.246 e. The largest absolute Gasteiger partial charge is 0.378 e. The molecule has 1 heterocycles. The van der Waals surface area contributed by atoms with Gasteiger partial charge in [-0.15, -0.1) is 0 Å². The van der Waals surface area contributed by atoms with Crippen LogP contribution in [0.25, 0.3) is 0 Å². The monoisotopic (exact) mass is 230 g/mol. The minimum atomic E-state index is -0.0731. The van der Waals surface area contributed by atoms with Crippen LogP contribution in [0.3, 0.4) is 0 Å². The Balaban J connectivity index is 2.23. The summed E-state index contributed by atoms with van der Waals surface area (Å²) in [6.45, 7) is 5.66. The van der Waals surface area contributed by atoms with Crippen LogP contribution >= 0.6 is 0 Å². The lowest BCUT2D eigenvalue weighted by atomic mass is 10.2. The van der Waals surface area contributed by atoms with Crippen molar-refractivity contribution in [2.45, 2.75) is 38.5 Å². The van der Waals surface area contributed by atoms with E-state index in [-0.39, 0.29) is 30.8 Å². The molecule has 0 aromatic carbocycles. The minimum Gasteiger partial charge on any atom is -0.378 e. The zero-order valence-electron chi connectivity index (χ0n) is 10.3. The van der Waals surface area contributed by atoms with Gasteiger partial charge in [0, 0.05) is 20.2 Å². The highest BCUT2D eigenvalue weighted by Gasteiger charge is 2.27. The average Bonchev–Trinajstić information content (AvgIpc) is 2.73. The Kier molecular flexibility index (Phi) is 5.73. The van der Waals surface area contributed by atoms with Crippen molar-refractivity contribution in [1.29, 1.82) is 0 Å². The standard InChI is InChI=1S/C11H22N2O3/c1-4-8(2)16-7-11(14)13-9-5-12-6-10(9)15-3/h8-10,12H,4-7H2,1-3H3,(H,13,14)/t8-,9-,10-/m0/s1. The Bertz CT molecular complexity index is 223. The quantitative estimate of drug-likeness (QED) is 0.669. The van der Waals surface area contributed by atoms with Gasteiger partial charge in [-0.25, -0.2) is 0 Å². The SMILES string of the molecule is CC[C@H](C)OCC(=O)N[C@H]1CNC[C@@H]1OC. The summed E-state index contributed by atoms with van der Waals surface area (Å²) < 4.78 is 10.6. The van der Waals surface area contributed by atoms with Gasteiger partial charge in [0.15, 0.2) is 0 Å². The van der Waals surface area contributed by atoms with E-state index in [1.54, 1.807) is 7.11 Å². The van der Waals surface area contributed by atoms with Gasteiger partial charge in [0.1, 0.15) is 6.61 Å². The maximum atomic E-state index is 11.6. The molecule has 0 aromatic heterocycles. The summed E-state index contributed by atoms with van der Waals surface area (Å²) in [6, 6.07) is 0.0537. The zero-order valence-corrected chi connectivity index (χ0v) is 10.3. The fourth-order valence-corrected chi connectivity index (χ4v) is 1.63. The number of methoxy groups -OCH3 is 1. The molecule has 1 aliphatic heterocycles. The highest BCUT2D eigenvalue weighted by molar-refractivity contribution is 5.77.